The molecule has 6 heteroatoms. The van der Waals surface area contributed by atoms with E-state index in [1.165, 1.54) is 6.08 Å². The monoisotopic (exact) mass is 451 g/mol. The van der Waals surface area contributed by atoms with Gasteiger partial charge in [0, 0.05) is 10.5 Å². The van der Waals surface area contributed by atoms with Crippen LogP contribution in [0.5, 0.6) is 11.5 Å². The molecule has 0 saturated carbocycles. The molecule has 0 aromatic heterocycles. The Morgan fingerprint density at radius 2 is 2.00 bits per heavy atom. The number of hydrogen-bond acceptors (Lipinski definition) is 3. The minimum absolute atomic E-state index is 0.266. The molecule has 0 aliphatic rings. The van der Waals surface area contributed by atoms with Gasteiger partial charge in [-0.1, -0.05) is 53.4 Å². The number of benzene rings is 2. The summed E-state index contributed by atoms with van der Waals surface area (Å²) in [6.45, 7) is 2.82. The number of unbranched alkanes of at least 4 members (excludes halogenated alkanes) is 2. The Labute approximate surface area is 173 Å². The minimum atomic E-state index is -0.266. The van der Waals surface area contributed by atoms with Gasteiger partial charge in [-0.05, 0) is 48.4 Å². The fourth-order valence-corrected chi connectivity index (χ4v) is 3.10. The number of halogens is 2. The van der Waals surface area contributed by atoms with Crippen LogP contribution in [-0.2, 0) is 4.79 Å². The van der Waals surface area contributed by atoms with Crippen LogP contribution >= 0.6 is 27.5 Å². The van der Waals surface area contributed by atoms with Crippen LogP contribution in [-0.4, -0.2) is 19.6 Å². The van der Waals surface area contributed by atoms with Crippen LogP contribution in [0.3, 0.4) is 0 Å². The quantitative estimate of drug-likeness (QED) is 0.357. The van der Waals surface area contributed by atoms with Crippen molar-refractivity contribution in [2.75, 3.05) is 19.0 Å². The lowest BCUT2D eigenvalue weighted by molar-refractivity contribution is -0.111. The van der Waals surface area contributed by atoms with Crippen LogP contribution in [0.2, 0.25) is 5.02 Å². The number of anilines is 1. The number of ether oxygens (including phenoxy) is 2. The van der Waals surface area contributed by atoms with Gasteiger partial charge in [0.2, 0.25) is 5.91 Å². The van der Waals surface area contributed by atoms with Gasteiger partial charge < -0.3 is 14.8 Å². The Balaban J connectivity index is 1.99. The second-order valence-corrected chi connectivity index (χ2v) is 7.24. The highest BCUT2D eigenvalue weighted by Crippen LogP contribution is 2.29. The molecule has 27 heavy (non-hydrogen) atoms. The van der Waals surface area contributed by atoms with Gasteiger partial charge in [0.25, 0.3) is 0 Å². The molecule has 0 heterocycles. The van der Waals surface area contributed by atoms with Crippen molar-refractivity contribution in [2.45, 2.75) is 26.2 Å². The number of carbonyl (C=O) groups excluding carboxylic acids is 1. The molecule has 1 N–H and O–H groups in total. The van der Waals surface area contributed by atoms with Crippen LogP contribution < -0.4 is 14.8 Å². The lowest BCUT2D eigenvalue weighted by atomic mass is 10.2. The Hall–Kier alpha value is -1.98. The lowest BCUT2D eigenvalue weighted by Gasteiger charge is -2.11. The molecular formula is C21H23BrClNO3. The molecule has 144 valence electrons. The van der Waals surface area contributed by atoms with Crippen molar-refractivity contribution in [1.82, 2.24) is 0 Å². The Bertz CT molecular complexity index is 808. The van der Waals surface area contributed by atoms with Gasteiger partial charge >= 0.3 is 0 Å². The first-order chi connectivity index (χ1) is 13.0. The van der Waals surface area contributed by atoms with Crippen molar-refractivity contribution in [3.63, 3.8) is 0 Å². The zero-order chi connectivity index (χ0) is 19.6. The second kappa shape index (κ2) is 11.0. The van der Waals surface area contributed by atoms with E-state index >= 15 is 0 Å². The van der Waals surface area contributed by atoms with Gasteiger partial charge in [-0.15, -0.1) is 0 Å². The number of nitrogens with one attached hydrogen (secondary N) is 1. The third kappa shape index (κ3) is 6.92. The zero-order valence-corrected chi connectivity index (χ0v) is 17.8. The molecule has 2 aromatic rings. The molecule has 0 aliphatic carbocycles. The highest BCUT2D eigenvalue weighted by molar-refractivity contribution is 9.10. The lowest BCUT2D eigenvalue weighted by Crippen LogP contribution is -2.08. The molecule has 0 unspecified atom stereocenters. The molecule has 0 radical (unpaired) electrons. The van der Waals surface area contributed by atoms with E-state index in [0.29, 0.717) is 28.8 Å². The van der Waals surface area contributed by atoms with Crippen molar-refractivity contribution in [2.24, 2.45) is 0 Å². The average molecular weight is 453 g/mol. The predicted octanol–water partition coefficient (Wildman–Crippen LogP) is 6.33. The molecule has 2 aromatic carbocycles. The van der Waals surface area contributed by atoms with Crippen molar-refractivity contribution in [3.05, 3.63) is 57.5 Å². The molecule has 0 fully saturated rings. The van der Waals surface area contributed by atoms with Crippen LogP contribution in [0.1, 0.15) is 31.7 Å². The summed E-state index contributed by atoms with van der Waals surface area (Å²) in [5, 5.41) is 3.22. The maximum absolute atomic E-state index is 12.1. The highest BCUT2D eigenvalue weighted by atomic mass is 79.9. The molecule has 0 atom stereocenters. The minimum Gasteiger partial charge on any atom is -0.493 e. The van der Waals surface area contributed by atoms with E-state index in [-0.39, 0.29) is 5.91 Å². The maximum atomic E-state index is 12.1. The smallest absolute Gasteiger partial charge is 0.248 e. The Kier molecular flexibility index (Phi) is 8.69. The maximum Gasteiger partial charge on any atom is 0.248 e. The summed E-state index contributed by atoms with van der Waals surface area (Å²) >= 11 is 9.44. The van der Waals surface area contributed by atoms with Crippen molar-refractivity contribution in [3.8, 4) is 11.5 Å². The number of methoxy groups -OCH3 is 1. The van der Waals surface area contributed by atoms with Crippen LogP contribution in [0.4, 0.5) is 5.69 Å². The number of rotatable bonds is 9. The standard InChI is InChI=1S/C21H23BrClNO3/c1-3-4-5-12-27-19-10-6-15(13-20(19)26-2)7-11-21(25)24-18-9-8-16(22)14-17(18)23/h6-11,13-14H,3-5,12H2,1-2H3,(H,24,25)/b11-7+. The van der Waals surface area contributed by atoms with Gasteiger partial charge in [-0.25, -0.2) is 0 Å². The molecule has 1 amide bonds. The van der Waals surface area contributed by atoms with Crippen molar-refractivity contribution >= 4 is 45.2 Å². The van der Waals surface area contributed by atoms with Crippen LogP contribution in [0.25, 0.3) is 6.08 Å². The molecule has 4 nitrogen and oxygen atoms in total. The highest BCUT2D eigenvalue weighted by Gasteiger charge is 2.06. The van der Waals surface area contributed by atoms with Crippen molar-refractivity contribution < 1.29 is 14.3 Å². The van der Waals surface area contributed by atoms with E-state index in [4.69, 9.17) is 21.1 Å². The third-order valence-electron chi connectivity index (χ3n) is 3.81. The van der Waals surface area contributed by atoms with Gasteiger partial charge in [-0.3, -0.25) is 4.79 Å². The fraction of sp³-hybridized carbons (Fsp3) is 0.286. The van der Waals surface area contributed by atoms with E-state index in [0.717, 1.165) is 29.3 Å². The van der Waals surface area contributed by atoms with Gasteiger partial charge in [0.15, 0.2) is 11.5 Å². The zero-order valence-electron chi connectivity index (χ0n) is 15.4. The van der Waals surface area contributed by atoms with Crippen LogP contribution in [0, 0.1) is 0 Å². The van der Waals surface area contributed by atoms with E-state index in [1.54, 1.807) is 25.3 Å². The summed E-state index contributed by atoms with van der Waals surface area (Å²) in [6, 6.07) is 10.9. The number of hydrogen-bond donors (Lipinski definition) is 1. The summed E-state index contributed by atoms with van der Waals surface area (Å²) in [4.78, 5) is 12.1. The molecule has 2 rings (SSSR count). The van der Waals surface area contributed by atoms with E-state index in [1.807, 2.05) is 24.3 Å². The van der Waals surface area contributed by atoms with Crippen LogP contribution in [0.15, 0.2) is 46.9 Å². The fourth-order valence-electron chi connectivity index (χ4n) is 2.38. The van der Waals surface area contributed by atoms with E-state index in [2.05, 4.69) is 28.2 Å². The summed E-state index contributed by atoms with van der Waals surface area (Å²) in [5.41, 5.74) is 1.40. The first kappa shape index (κ1) is 21.3. The topological polar surface area (TPSA) is 47.6 Å². The normalized spacial score (nSPS) is 10.8. The molecule has 0 bridgehead atoms. The Morgan fingerprint density at radius 1 is 1.19 bits per heavy atom. The molecule has 0 saturated heterocycles. The Morgan fingerprint density at radius 3 is 2.70 bits per heavy atom. The predicted molar refractivity (Wildman–Crippen MR) is 115 cm³/mol. The molecular weight excluding hydrogens is 430 g/mol. The third-order valence-corrected chi connectivity index (χ3v) is 4.62. The average Bonchev–Trinajstić information content (AvgIpc) is 2.66. The summed E-state index contributed by atoms with van der Waals surface area (Å²) in [6.07, 6.45) is 6.47. The summed E-state index contributed by atoms with van der Waals surface area (Å²) < 4.78 is 12.0. The van der Waals surface area contributed by atoms with E-state index in [9.17, 15) is 4.79 Å². The van der Waals surface area contributed by atoms with Gasteiger partial charge in [0.1, 0.15) is 0 Å². The summed E-state index contributed by atoms with van der Waals surface area (Å²) in [5.74, 6) is 1.08. The van der Waals surface area contributed by atoms with E-state index < -0.39 is 0 Å². The SMILES string of the molecule is CCCCCOc1ccc(/C=C/C(=O)Nc2ccc(Br)cc2Cl)cc1OC. The second-order valence-electron chi connectivity index (χ2n) is 5.91. The number of amides is 1. The first-order valence-electron chi connectivity index (χ1n) is 8.78. The summed E-state index contributed by atoms with van der Waals surface area (Å²) in [7, 11) is 1.60. The molecule has 0 spiro atoms. The van der Waals surface area contributed by atoms with Crippen molar-refractivity contribution in [1.29, 1.82) is 0 Å². The van der Waals surface area contributed by atoms with Gasteiger partial charge in [-0.2, -0.15) is 0 Å². The number of carbonyl (C=O) groups is 1. The first-order valence-corrected chi connectivity index (χ1v) is 9.95. The molecule has 0 aliphatic heterocycles. The van der Waals surface area contributed by atoms with Gasteiger partial charge in [0.05, 0.1) is 24.4 Å². The largest absolute Gasteiger partial charge is 0.493 e.